The topological polar surface area (TPSA) is 26.0 Å². The molecular formula is C18H23N. The molecule has 0 spiro atoms. The van der Waals surface area contributed by atoms with Crippen LogP contribution in [0.3, 0.4) is 0 Å². The predicted molar refractivity (Wildman–Crippen MR) is 82.5 cm³/mol. The zero-order valence-electron chi connectivity index (χ0n) is 12.1. The van der Waals surface area contributed by atoms with Gasteiger partial charge in [-0.05, 0) is 31.4 Å². The second kappa shape index (κ2) is 5.58. The van der Waals surface area contributed by atoms with Gasteiger partial charge in [-0.25, -0.2) is 0 Å². The van der Waals surface area contributed by atoms with Crippen LogP contribution in [0.5, 0.6) is 0 Å². The van der Waals surface area contributed by atoms with Gasteiger partial charge >= 0.3 is 0 Å². The fourth-order valence-electron chi connectivity index (χ4n) is 2.47. The maximum Gasteiger partial charge on any atom is 0.00876 e. The first-order valence-corrected chi connectivity index (χ1v) is 6.86. The summed E-state index contributed by atoms with van der Waals surface area (Å²) in [5, 5.41) is 0. The second-order valence-electron chi connectivity index (χ2n) is 5.80. The van der Waals surface area contributed by atoms with Gasteiger partial charge in [-0.15, -0.1) is 0 Å². The van der Waals surface area contributed by atoms with Gasteiger partial charge in [0.15, 0.2) is 0 Å². The van der Waals surface area contributed by atoms with E-state index in [-0.39, 0.29) is 5.41 Å². The zero-order valence-corrected chi connectivity index (χ0v) is 12.1. The molecule has 0 aliphatic carbocycles. The predicted octanol–water partition coefficient (Wildman–Crippen LogP) is 3.76. The number of nitrogens with two attached hydrogens (primary N) is 1. The summed E-state index contributed by atoms with van der Waals surface area (Å²) in [5.41, 5.74) is 11.3. The van der Waals surface area contributed by atoms with Gasteiger partial charge in [0.25, 0.3) is 0 Å². The lowest BCUT2D eigenvalue weighted by Gasteiger charge is -2.29. The van der Waals surface area contributed by atoms with E-state index in [1.165, 1.54) is 22.3 Å². The molecule has 2 N–H and O–H groups in total. The molecule has 0 aliphatic heterocycles. The molecule has 0 saturated heterocycles. The van der Waals surface area contributed by atoms with Crippen LogP contribution in [-0.2, 0) is 11.8 Å². The quantitative estimate of drug-likeness (QED) is 0.882. The third-order valence-electron chi connectivity index (χ3n) is 3.88. The molecule has 100 valence electrons. The van der Waals surface area contributed by atoms with Gasteiger partial charge < -0.3 is 5.73 Å². The number of rotatable bonds is 4. The molecular weight excluding hydrogens is 230 g/mol. The standard InChI is InChI=1S/C18H23N/c1-14-7-9-16(10-8-14)12-18(3,13-19)17-6-4-5-15(2)11-17/h4-11H,12-13,19H2,1-3H3. The lowest BCUT2D eigenvalue weighted by atomic mass is 9.77. The lowest BCUT2D eigenvalue weighted by Crippen LogP contribution is -2.34. The summed E-state index contributed by atoms with van der Waals surface area (Å²) in [6.07, 6.45) is 0.979. The molecule has 2 aromatic rings. The Hall–Kier alpha value is -1.60. The summed E-state index contributed by atoms with van der Waals surface area (Å²) in [5.74, 6) is 0. The van der Waals surface area contributed by atoms with E-state index in [0.717, 1.165) is 6.42 Å². The molecule has 1 nitrogen and oxygen atoms in total. The van der Waals surface area contributed by atoms with Crippen molar-refractivity contribution in [2.45, 2.75) is 32.6 Å². The van der Waals surface area contributed by atoms with Gasteiger partial charge in [-0.3, -0.25) is 0 Å². The van der Waals surface area contributed by atoms with E-state index in [0.29, 0.717) is 6.54 Å². The third-order valence-corrected chi connectivity index (χ3v) is 3.88. The van der Waals surface area contributed by atoms with E-state index in [9.17, 15) is 0 Å². The van der Waals surface area contributed by atoms with E-state index in [2.05, 4.69) is 69.3 Å². The van der Waals surface area contributed by atoms with Crippen molar-refractivity contribution in [2.75, 3.05) is 6.54 Å². The molecule has 1 heteroatoms. The second-order valence-corrected chi connectivity index (χ2v) is 5.80. The van der Waals surface area contributed by atoms with Crippen molar-refractivity contribution in [3.8, 4) is 0 Å². The summed E-state index contributed by atoms with van der Waals surface area (Å²) < 4.78 is 0. The molecule has 0 fully saturated rings. The maximum absolute atomic E-state index is 6.07. The molecule has 0 saturated carbocycles. The molecule has 1 atom stereocenters. The average Bonchev–Trinajstić information content (AvgIpc) is 2.41. The Bertz CT molecular complexity index is 542. The van der Waals surface area contributed by atoms with Crippen LogP contribution < -0.4 is 5.73 Å². The third kappa shape index (κ3) is 3.24. The highest BCUT2D eigenvalue weighted by molar-refractivity contribution is 5.33. The summed E-state index contributed by atoms with van der Waals surface area (Å²) >= 11 is 0. The zero-order chi connectivity index (χ0) is 13.9. The Labute approximate surface area is 116 Å². The van der Waals surface area contributed by atoms with Crippen molar-refractivity contribution in [3.63, 3.8) is 0 Å². The van der Waals surface area contributed by atoms with Crippen molar-refractivity contribution in [2.24, 2.45) is 5.73 Å². The van der Waals surface area contributed by atoms with Crippen molar-refractivity contribution in [1.29, 1.82) is 0 Å². The monoisotopic (exact) mass is 253 g/mol. The molecule has 19 heavy (non-hydrogen) atoms. The van der Waals surface area contributed by atoms with Crippen LogP contribution in [0.15, 0.2) is 48.5 Å². The van der Waals surface area contributed by atoms with Crippen LogP contribution in [0, 0.1) is 13.8 Å². The molecule has 0 aromatic heterocycles. The number of aryl methyl sites for hydroxylation is 2. The summed E-state index contributed by atoms with van der Waals surface area (Å²) in [6, 6.07) is 17.4. The van der Waals surface area contributed by atoms with Gasteiger partial charge in [0, 0.05) is 12.0 Å². The molecule has 2 aromatic carbocycles. The number of benzene rings is 2. The van der Waals surface area contributed by atoms with E-state index < -0.39 is 0 Å². The van der Waals surface area contributed by atoms with Gasteiger partial charge in [0.05, 0.1) is 0 Å². The van der Waals surface area contributed by atoms with Crippen molar-refractivity contribution < 1.29 is 0 Å². The van der Waals surface area contributed by atoms with E-state index >= 15 is 0 Å². The Kier molecular flexibility index (Phi) is 4.06. The first-order valence-electron chi connectivity index (χ1n) is 6.86. The SMILES string of the molecule is Cc1ccc(CC(C)(CN)c2cccc(C)c2)cc1. The summed E-state index contributed by atoms with van der Waals surface area (Å²) in [6.45, 7) is 7.16. The molecule has 0 heterocycles. The van der Waals surface area contributed by atoms with Crippen LogP contribution in [0.25, 0.3) is 0 Å². The lowest BCUT2D eigenvalue weighted by molar-refractivity contribution is 0.480. The number of hydrogen-bond acceptors (Lipinski definition) is 1. The fraction of sp³-hybridized carbons (Fsp3) is 0.333. The van der Waals surface area contributed by atoms with Crippen LogP contribution in [0.4, 0.5) is 0 Å². The minimum atomic E-state index is 0.00127. The van der Waals surface area contributed by atoms with Crippen molar-refractivity contribution in [1.82, 2.24) is 0 Å². The summed E-state index contributed by atoms with van der Waals surface area (Å²) in [7, 11) is 0. The smallest absolute Gasteiger partial charge is 0.00876 e. The minimum Gasteiger partial charge on any atom is -0.330 e. The van der Waals surface area contributed by atoms with E-state index in [1.54, 1.807) is 0 Å². The van der Waals surface area contributed by atoms with Crippen LogP contribution >= 0.6 is 0 Å². The molecule has 1 unspecified atom stereocenters. The van der Waals surface area contributed by atoms with E-state index in [1.807, 2.05) is 0 Å². The first kappa shape index (κ1) is 13.8. The average molecular weight is 253 g/mol. The molecule has 2 rings (SSSR count). The molecule has 0 amide bonds. The van der Waals surface area contributed by atoms with Crippen LogP contribution in [0.2, 0.25) is 0 Å². The largest absolute Gasteiger partial charge is 0.330 e. The van der Waals surface area contributed by atoms with Gasteiger partial charge in [0.1, 0.15) is 0 Å². The summed E-state index contributed by atoms with van der Waals surface area (Å²) in [4.78, 5) is 0. The van der Waals surface area contributed by atoms with Crippen molar-refractivity contribution >= 4 is 0 Å². The first-order chi connectivity index (χ1) is 9.03. The Balaban J connectivity index is 2.30. The Morgan fingerprint density at radius 1 is 0.947 bits per heavy atom. The van der Waals surface area contributed by atoms with Crippen molar-refractivity contribution in [3.05, 3.63) is 70.8 Å². The minimum absolute atomic E-state index is 0.00127. The normalized spacial score (nSPS) is 14.1. The fourth-order valence-corrected chi connectivity index (χ4v) is 2.47. The highest BCUT2D eigenvalue weighted by Crippen LogP contribution is 2.28. The van der Waals surface area contributed by atoms with Gasteiger partial charge in [-0.1, -0.05) is 66.6 Å². The Morgan fingerprint density at radius 2 is 1.63 bits per heavy atom. The van der Waals surface area contributed by atoms with Crippen LogP contribution in [-0.4, -0.2) is 6.54 Å². The van der Waals surface area contributed by atoms with Gasteiger partial charge in [0.2, 0.25) is 0 Å². The highest BCUT2D eigenvalue weighted by Gasteiger charge is 2.25. The molecule has 0 radical (unpaired) electrons. The highest BCUT2D eigenvalue weighted by atomic mass is 14.6. The molecule has 0 aliphatic rings. The maximum atomic E-state index is 6.07. The van der Waals surface area contributed by atoms with Crippen LogP contribution in [0.1, 0.15) is 29.2 Å². The van der Waals surface area contributed by atoms with Gasteiger partial charge in [-0.2, -0.15) is 0 Å². The number of hydrogen-bond donors (Lipinski definition) is 1. The molecule has 0 bridgehead atoms. The van der Waals surface area contributed by atoms with E-state index in [4.69, 9.17) is 5.73 Å². The Morgan fingerprint density at radius 3 is 2.21 bits per heavy atom.